The molecule has 10 rings (SSSR count). The molecule has 0 saturated carbocycles. The quantitative estimate of drug-likeness (QED) is 0.205. The van der Waals surface area contributed by atoms with Crippen LogP contribution in [0.1, 0.15) is 0 Å². The molecule has 5 nitrogen and oxygen atoms in total. The van der Waals surface area contributed by atoms with E-state index in [4.69, 9.17) is 23.8 Å². The van der Waals surface area contributed by atoms with Gasteiger partial charge in [-0.1, -0.05) is 109 Å². The number of nitrogens with zero attached hydrogens (tertiary/aromatic N) is 3. The predicted octanol–water partition coefficient (Wildman–Crippen LogP) is 11.0. The summed E-state index contributed by atoms with van der Waals surface area (Å²) in [6.45, 7) is 0. The van der Waals surface area contributed by atoms with Gasteiger partial charge in [0, 0.05) is 49.0 Å². The predicted molar refractivity (Wildman–Crippen MR) is 186 cm³/mol. The number of hydrogen-bond acceptors (Lipinski definition) is 5. The van der Waals surface area contributed by atoms with E-state index in [0.29, 0.717) is 17.5 Å². The average molecular weight is 590 g/mol. The van der Waals surface area contributed by atoms with Crippen LogP contribution in [0.2, 0.25) is 0 Å². The molecule has 3 heterocycles. The Bertz CT molecular complexity index is 2810. The minimum Gasteiger partial charge on any atom is -0.455 e. The van der Waals surface area contributed by atoms with Gasteiger partial charge in [0.1, 0.15) is 22.3 Å². The summed E-state index contributed by atoms with van der Waals surface area (Å²) in [5.41, 5.74) is 6.00. The van der Waals surface area contributed by atoms with Gasteiger partial charge in [-0.25, -0.2) is 15.0 Å². The van der Waals surface area contributed by atoms with E-state index in [-0.39, 0.29) is 0 Å². The standard InChI is InChI=1S/C41H23N3O2/c1-2-11-26(12-3-1)39-42-40(27-19-20-30-31-21-17-24-9-4-6-13-28(24)37(31)46-35(30)23-27)44-41(43-39)33-15-8-16-34-36(33)32-22-18-25-10-5-7-14-29(25)38(32)45-34/h1-23H. The number of benzene rings is 7. The highest BCUT2D eigenvalue weighted by Gasteiger charge is 2.19. The van der Waals surface area contributed by atoms with Gasteiger partial charge in [0.15, 0.2) is 17.5 Å². The second-order valence-corrected chi connectivity index (χ2v) is 11.6. The van der Waals surface area contributed by atoms with Gasteiger partial charge in [-0.2, -0.15) is 0 Å². The Labute approximate surface area is 262 Å². The van der Waals surface area contributed by atoms with Crippen LogP contribution >= 0.6 is 0 Å². The van der Waals surface area contributed by atoms with E-state index in [1.807, 2.05) is 72.8 Å². The van der Waals surface area contributed by atoms with Crippen LogP contribution < -0.4 is 0 Å². The molecule has 0 aliphatic heterocycles. The Balaban J connectivity index is 1.21. The maximum atomic E-state index is 6.50. The maximum Gasteiger partial charge on any atom is 0.164 e. The van der Waals surface area contributed by atoms with E-state index in [1.54, 1.807) is 0 Å². The van der Waals surface area contributed by atoms with Crippen molar-refractivity contribution in [2.75, 3.05) is 0 Å². The molecule has 0 spiro atoms. The number of hydrogen-bond donors (Lipinski definition) is 0. The molecule has 0 amide bonds. The van der Waals surface area contributed by atoms with Crippen molar-refractivity contribution in [3.63, 3.8) is 0 Å². The van der Waals surface area contributed by atoms with Crippen LogP contribution in [0.5, 0.6) is 0 Å². The molecule has 0 radical (unpaired) electrons. The van der Waals surface area contributed by atoms with Crippen molar-refractivity contribution in [2.24, 2.45) is 0 Å². The molecule has 0 aliphatic carbocycles. The number of furan rings is 2. The lowest BCUT2D eigenvalue weighted by atomic mass is 10.0. The molecule has 0 aliphatic rings. The fraction of sp³-hybridized carbons (Fsp3) is 0. The normalized spacial score (nSPS) is 11.9. The lowest BCUT2D eigenvalue weighted by molar-refractivity contribution is 0.672. The van der Waals surface area contributed by atoms with Crippen LogP contribution in [0.15, 0.2) is 148 Å². The van der Waals surface area contributed by atoms with Gasteiger partial charge in [0.05, 0.1) is 0 Å². The smallest absolute Gasteiger partial charge is 0.164 e. The van der Waals surface area contributed by atoms with Crippen LogP contribution in [0.4, 0.5) is 0 Å². The van der Waals surface area contributed by atoms with Gasteiger partial charge in [-0.3, -0.25) is 0 Å². The summed E-state index contributed by atoms with van der Waals surface area (Å²) in [5.74, 6) is 1.76. The first kappa shape index (κ1) is 25.0. The Morgan fingerprint density at radius 1 is 0.370 bits per heavy atom. The molecule has 3 aromatic heterocycles. The Kier molecular flexibility index (Phi) is 5.22. The van der Waals surface area contributed by atoms with Crippen LogP contribution in [-0.4, -0.2) is 15.0 Å². The molecule has 0 atom stereocenters. The van der Waals surface area contributed by atoms with E-state index in [2.05, 4.69) is 66.7 Å². The van der Waals surface area contributed by atoms with Crippen LogP contribution in [0.25, 0.3) is 99.6 Å². The first-order valence-electron chi connectivity index (χ1n) is 15.3. The molecular formula is C41H23N3O2. The van der Waals surface area contributed by atoms with Gasteiger partial charge in [-0.05, 0) is 41.1 Å². The van der Waals surface area contributed by atoms with E-state index in [1.165, 1.54) is 0 Å². The topological polar surface area (TPSA) is 65.0 Å². The molecule has 0 N–H and O–H groups in total. The van der Waals surface area contributed by atoms with E-state index >= 15 is 0 Å². The summed E-state index contributed by atoms with van der Waals surface area (Å²) < 4.78 is 13.0. The van der Waals surface area contributed by atoms with Gasteiger partial charge >= 0.3 is 0 Å². The zero-order chi connectivity index (χ0) is 30.2. The summed E-state index contributed by atoms with van der Waals surface area (Å²) >= 11 is 0. The zero-order valence-corrected chi connectivity index (χ0v) is 24.4. The first-order valence-corrected chi connectivity index (χ1v) is 15.3. The third kappa shape index (κ3) is 3.72. The Morgan fingerprint density at radius 2 is 0.978 bits per heavy atom. The highest BCUT2D eigenvalue weighted by atomic mass is 16.3. The lowest BCUT2D eigenvalue weighted by Crippen LogP contribution is -2.00. The minimum atomic E-state index is 0.575. The van der Waals surface area contributed by atoms with E-state index in [0.717, 1.165) is 82.1 Å². The Morgan fingerprint density at radius 3 is 1.76 bits per heavy atom. The summed E-state index contributed by atoms with van der Waals surface area (Å²) in [4.78, 5) is 15.1. The Hall–Kier alpha value is -6.33. The molecule has 0 fully saturated rings. The van der Waals surface area contributed by atoms with Crippen molar-refractivity contribution in [1.29, 1.82) is 0 Å². The molecule has 0 unspecified atom stereocenters. The summed E-state index contributed by atoms with van der Waals surface area (Å²) in [7, 11) is 0. The fourth-order valence-electron chi connectivity index (χ4n) is 6.73. The van der Waals surface area contributed by atoms with E-state index < -0.39 is 0 Å². The first-order chi connectivity index (χ1) is 22.8. The number of rotatable bonds is 3. The third-order valence-corrected chi connectivity index (χ3v) is 8.92. The maximum absolute atomic E-state index is 6.50. The van der Waals surface area contributed by atoms with Crippen molar-refractivity contribution in [2.45, 2.75) is 0 Å². The summed E-state index contributed by atoms with van der Waals surface area (Å²) in [5, 5.41) is 8.63. The highest BCUT2D eigenvalue weighted by Crippen LogP contribution is 2.40. The molecule has 5 heteroatoms. The molecule has 7 aromatic carbocycles. The van der Waals surface area contributed by atoms with Crippen LogP contribution in [-0.2, 0) is 0 Å². The monoisotopic (exact) mass is 589 g/mol. The van der Waals surface area contributed by atoms with Crippen LogP contribution in [0.3, 0.4) is 0 Å². The molecular weight excluding hydrogens is 566 g/mol. The van der Waals surface area contributed by atoms with Gasteiger partial charge in [-0.15, -0.1) is 0 Å². The molecule has 46 heavy (non-hydrogen) atoms. The lowest BCUT2D eigenvalue weighted by Gasteiger charge is -2.09. The van der Waals surface area contributed by atoms with E-state index in [9.17, 15) is 0 Å². The zero-order valence-electron chi connectivity index (χ0n) is 24.4. The summed E-state index contributed by atoms with van der Waals surface area (Å²) in [6.07, 6.45) is 0. The average Bonchev–Trinajstić information content (AvgIpc) is 3.70. The van der Waals surface area contributed by atoms with Crippen molar-refractivity contribution in [1.82, 2.24) is 15.0 Å². The molecule has 0 bridgehead atoms. The van der Waals surface area contributed by atoms with Crippen LogP contribution in [0, 0.1) is 0 Å². The molecule has 214 valence electrons. The fourth-order valence-corrected chi connectivity index (χ4v) is 6.73. The van der Waals surface area contributed by atoms with Crippen molar-refractivity contribution >= 4 is 65.4 Å². The second-order valence-electron chi connectivity index (χ2n) is 11.6. The van der Waals surface area contributed by atoms with Gasteiger partial charge in [0.2, 0.25) is 0 Å². The number of aromatic nitrogens is 3. The SMILES string of the molecule is c1ccc(-c2nc(-c3ccc4c(c3)oc3c5ccccc5ccc43)nc(-c3cccc4oc5c6ccccc6ccc5c34)n2)cc1. The third-order valence-electron chi connectivity index (χ3n) is 8.92. The number of fused-ring (bicyclic) bond motifs is 10. The second kappa shape index (κ2) is 9.58. The van der Waals surface area contributed by atoms with Crippen molar-refractivity contribution in [3.8, 4) is 34.2 Å². The highest BCUT2D eigenvalue weighted by molar-refractivity contribution is 6.19. The molecule has 10 aromatic rings. The van der Waals surface area contributed by atoms with Gasteiger partial charge < -0.3 is 8.83 Å². The van der Waals surface area contributed by atoms with Gasteiger partial charge in [0.25, 0.3) is 0 Å². The van der Waals surface area contributed by atoms with Crippen molar-refractivity contribution in [3.05, 3.63) is 140 Å². The summed E-state index contributed by atoms with van der Waals surface area (Å²) in [6, 6.07) is 47.5. The largest absolute Gasteiger partial charge is 0.455 e. The minimum absolute atomic E-state index is 0.575. The van der Waals surface area contributed by atoms with Crippen molar-refractivity contribution < 1.29 is 8.83 Å². The molecule has 0 saturated heterocycles.